The smallest absolute Gasteiger partial charge is 0.320 e. The van der Waals surface area contributed by atoms with Gasteiger partial charge in [0, 0.05) is 6.61 Å². The third-order valence-electron chi connectivity index (χ3n) is 2.00. The molecule has 0 aliphatic carbocycles. The molecule has 1 heterocycles. The summed E-state index contributed by atoms with van der Waals surface area (Å²) in [4.78, 5) is 10.4. The minimum absolute atomic E-state index is 0.0754. The highest BCUT2D eigenvalue weighted by Crippen LogP contribution is 2.09. The van der Waals surface area contributed by atoms with Crippen molar-refractivity contribution in [3.63, 3.8) is 0 Å². The van der Waals surface area contributed by atoms with Crippen LogP contribution in [0.4, 0.5) is 0 Å². The van der Waals surface area contributed by atoms with Crippen molar-refractivity contribution in [1.29, 1.82) is 0 Å². The van der Waals surface area contributed by atoms with Crippen LogP contribution < -0.4 is 5.73 Å². The van der Waals surface area contributed by atoms with Crippen LogP contribution in [0.1, 0.15) is 12.8 Å². The summed E-state index contributed by atoms with van der Waals surface area (Å²) in [5, 5.41) is 8.57. The third kappa shape index (κ3) is 3.71. The number of hydrogen-bond acceptors (Lipinski definition) is 4. The van der Waals surface area contributed by atoms with Gasteiger partial charge >= 0.3 is 5.97 Å². The molecule has 2 atom stereocenters. The van der Waals surface area contributed by atoms with Crippen LogP contribution in [0.5, 0.6) is 0 Å². The average molecular weight is 189 g/mol. The summed E-state index contributed by atoms with van der Waals surface area (Å²) in [6.45, 7) is 1.73. The van der Waals surface area contributed by atoms with Gasteiger partial charge < -0.3 is 20.3 Å². The van der Waals surface area contributed by atoms with Crippen LogP contribution in [-0.4, -0.2) is 43.0 Å². The summed E-state index contributed by atoms with van der Waals surface area (Å²) in [7, 11) is 0. The predicted molar refractivity (Wildman–Crippen MR) is 45.4 cm³/mol. The zero-order chi connectivity index (χ0) is 9.68. The number of nitrogens with two attached hydrogens (primary N) is 1. The van der Waals surface area contributed by atoms with E-state index >= 15 is 0 Å². The molecule has 5 nitrogen and oxygen atoms in total. The monoisotopic (exact) mass is 189 g/mol. The lowest BCUT2D eigenvalue weighted by Gasteiger charge is -2.16. The van der Waals surface area contributed by atoms with Gasteiger partial charge in [-0.1, -0.05) is 0 Å². The Kier molecular flexibility index (Phi) is 4.14. The van der Waals surface area contributed by atoms with Gasteiger partial charge in [-0.2, -0.15) is 0 Å². The summed E-state index contributed by atoms with van der Waals surface area (Å²) in [5.74, 6) is -0.978. The lowest BCUT2D eigenvalue weighted by atomic mass is 10.1. The number of carbonyl (C=O) groups is 1. The van der Waals surface area contributed by atoms with Crippen molar-refractivity contribution in [2.75, 3.05) is 19.8 Å². The topological polar surface area (TPSA) is 81.8 Å². The summed E-state index contributed by atoms with van der Waals surface area (Å²) in [5.41, 5.74) is 5.38. The largest absolute Gasteiger partial charge is 0.480 e. The van der Waals surface area contributed by atoms with Crippen molar-refractivity contribution in [3.05, 3.63) is 0 Å². The molecular formula is C8H15NO4. The molecule has 0 aromatic carbocycles. The molecule has 13 heavy (non-hydrogen) atoms. The lowest BCUT2D eigenvalue weighted by Crippen LogP contribution is -2.35. The molecule has 1 fully saturated rings. The Morgan fingerprint density at radius 2 is 2.31 bits per heavy atom. The molecule has 3 N–H and O–H groups in total. The van der Waals surface area contributed by atoms with Crippen LogP contribution in [0, 0.1) is 0 Å². The number of carboxylic acid groups (broad SMARTS) is 1. The first-order valence-corrected chi connectivity index (χ1v) is 4.38. The highest BCUT2D eigenvalue weighted by Gasteiger charge is 2.20. The van der Waals surface area contributed by atoms with Crippen molar-refractivity contribution in [1.82, 2.24) is 0 Å². The average Bonchev–Trinajstić information content (AvgIpc) is 2.32. The van der Waals surface area contributed by atoms with Crippen LogP contribution in [0.2, 0.25) is 0 Å². The number of carboxylic acids is 1. The summed E-state index contributed by atoms with van der Waals surface area (Å²) in [6.07, 6.45) is 1.01. The van der Waals surface area contributed by atoms with Crippen LogP contribution in [0.15, 0.2) is 0 Å². The first kappa shape index (κ1) is 10.4. The molecule has 0 amide bonds. The van der Waals surface area contributed by atoms with Gasteiger partial charge in [-0.15, -0.1) is 0 Å². The van der Waals surface area contributed by atoms with Gasteiger partial charge in [0.2, 0.25) is 0 Å². The Morgan fingerprint density at radius 3 is 3.00 bits per heavy atom. The van der Waals surface area contributed by atoms with Gasteiger partial charge in [0.15, 0.2) is 0 Å². The van der Waals surface area contributed by atoms with Gasteiger partial charge in [0.1, 0.15) is 6.04 Å². The molecule has 1 rings (SSSR count). The molecule has 0 aromatic heterocycles. The third-order valence-corrected chi connectivity index (χ3v) is 2.00. The number of rotatable bonds is 3. The molecule has 0 aromatic rings. The standard InChI is InChI=1S/C8H15NO4/c9-7(8(10)11)5-6-1-2-12-3-4-13-6/h6-7H,1-5,9H2,(H,10,11). The van der Waals surface area contributed by atoms with E-state index in [1.807, 2.05) is 0 Å². The summed E-state index contributed by atoms with van der Waals surface area (Å²) in [6, 6.07) is -0.830. The molecule has 2 unspecified atom stereocenters. The zero-order valence-electron chi connectivity index (χ0n) is 7.44. The van der Waals surface area contributed by atoms with Gasteiger partial charge in [-0.3, -0.25) is 4.79 Å². The fourth-order valence-electron chi connectivity index (χ4n) is 1.24. The van der Waals surface area contributed by atoms with E-state index in [9.17, 15) is 4.79 Å². The van der Waals surface area contributed by atoms with E-state index in [-0.39, 0.29) is 6.10 Å². The maximum atomic E-state index is 10.4. The highest BCUT2D eigenvalue weighted by molar-refractivity contribution is 5.73. The molecule has 76 valence electrons. The van der Waals surface area contributed by atoms with E-state index in [2.05, 4.69) is 0 Å². The Morgan fingerprint density at radius 1 is 1.54 bits per heavy atom. The Balaban J connectivity index is 2.29. The molecule has 0 bridgehead atoms. The van der Waals surface area contributed by atoms with Crippen LogP contribution >= 0.6 is 0 Å². The molecule has 1 saturated heterocycles. The van der Waals surface area contributed by atoms with Crippen molar-refractivity contribution in [2.24, 2.45) is 5.73 Å². The molecule has 5 heteroatoms. The minimum atomic E-state index is -0.978. The second kappa shape index (κ2) is 5.16. The molecule has 1 aliphatic rings. The number of ether oxygens (including phenoxy) is 2. The van der Waals surface area contributed by atoms with Crippen LogP contribution in [-0.2, 0) is 14.3 Å². The Labute approximate surface area is 76.8 Å². The fraction of sp³-hybridized carbons (Fsp3) is 0.875. The maximum Gasteiger partial charge on any atom is 0.320 e. The van der Waals surface area contributed by atoms with Crippen molar-refractivity contribution < 1.29 is 19.4 Å². The lowest BCUT2D eigenvalue weighted by molar-refractivity contribution is -0.139. The van der Waals surface area contributed by atoms with E-state index < -0.39 is 12.0 Å². The van der Waals surface area contributed by atoms with Crippen molar-refractivity contribution in [3.8, 4) is 0 Å². The van der Waals surface area contributed by atoms with Crippen molar-refractivity contribution in [2.45, 2.75) is 25.0 Å². The van der Waals surface area contributed by atoms with Crippen LogP contribution in [0.25, 0.3) is 0 Å². The molecule has 0 saturated carbocycles. The molecule has 0 radical (unpaired) electrons. The first-order valence-electron chi connectivity index (χ1n) is 4.38. The Bertz CT molecular complexity index is 166. The van der Waals surface area contributed by atoms with E-state index in [0.29, 0.717) is 26.2 Å². The molecule has 1 aliphatic heterocycles. The Hall–Kier alpha value is -0.650. The number of hydrogen-bond donors (Lipinski definition) is 2. The van der Waals surface area contributed by atoms with E-state index in [4.69, 9.17) is 20.3 Å². The summed E-state index contributed by atoms with van der Waals surface area (Å²) >= 11 is 0. The van der Waals surface area contributed by atoms with Crippen LogP contribution in [0.3, 0.4) is 0 Å². The minimum Gasteiger partial charge on any atom is -0.480 e. The van der Waals surface area contributed by atoms with Gasteiger partial charge in [0.25, 0.3) is 0 Å². The fourth-order valence-corrected chi connectivity index (χ4v) is 1.24. The van der Waals surface area contributed by atoms with Gasteiger partial charge in [0.05, 0.1) is 19.3 Å². The second-order valence-electron chi connectivity index (χ2n) is 3.07. The number of aliphatic carboxylic acids is 1. The molecular weight excluding hydrogens is 174 g/mol. The van der Waals surface area contributed by atoms with Gasteiger partial charge in [-0.25, -0.2) is 0 Å². The van der Waals surface area contributed by atoms with E-state index in [0.717, 1.165) is 6.42 Å². The second-order valence-corrected chi connectivity index (χ2v) is 3.07. The summed E-state index contributed by atoms with van der Waals surface area (Å²) < 4.78 is 10.5. The first-order chi connectivity index (χ1) is 6.20. The highest BCUT2D eigenvalue weighted by atomic mass is 16.5. The molecule has 0 spiro atoms. The SMILES string of the molecule is NC(CC1CCOCCO1)C(=O)O. The van der Waals surface area contributed by atoms with E-state index in [1.165, 1.54) is 0 Å². The maximum absolute atomic E-state index is 10.4. The van der Waals surface area contributed by atoms with E-state index in [1.54, 1.807) is 0 Å². The van der Waals surface area contributed by atoms with Crippen molar-refractivity contribution >= 4 is 5.97 Å². The normalized spacial score (nSPS) is 26.4. The van der Waals surface area contributed by atoms with Gasteiger partial charge in [-0.05, 0) is 12.8 Å². The predicted octanol–water partition coefficient (Wildman–Crippen LogP) is -0.406. The zero-order valence-corrected chi connectivity index (χ0v) is 7.44. The quantitative estimate of drug-likeness (QED) is 0.631.